The van der Waals surface area contributed by atoms with Gasteiger partial charge in [-0.15, -0.1) is 0 Å². The van der Waals surface area contributed by atoms with Crippen LogP contribution in [0.15, 0.2) is 42.5 Å². The number of hydrogen-bond acceptors (Lipinski definition) is 3. The van der Waals surface area contributed by atoms with Gasteiger partial charge in [-0.25, -0.2) is 0 Å². The lowest BCUT2D eigenvalue weighted by Gasteiger charge is -2.48. The number of hydrogen-bond donors (Lipinski definition) is 0. The fourth-order valence-electron chi connectivity index (χ4n) is 4.91. The molecule has 0 aliphatic carbocycles. The second-order valence-electron chi connectivity index (χ2n) is 8.01. The highest BCUT2D eigenvalue weighted by atomic mass is 16.1. The first-order valence-electron chi connectivity index (χ1n) is 9.90. The average molecular weight is 348 g/mol. The minimum Gasteiger partial charge on any atom is -0.294 e. The third-order valence-electron chi connectivity index (χ3n) is 6.20. The van der Waals surface area contributed by atoms with Crippen LogP contribution in [-0.2, 0) is 6.54 Å². The maximum absolute atomic E-state index is 13.2. The highest BCUT2D eigenvalue weighted by Gasteiger charge is 2.40. The summed E-state index contributed by atoms with van der Waals surface area (Å²) in [4.78, 5) is 20.3. The van der Waals surface area contributed by atoms with Gasteiger partial charge < -0.3 is 0 Å². The standard InChI is InChI=1S/C23H28N2O/c1-16-11-12-22(17(2)24-16)23(26)19-13-20-9-6-10-21(14-19)25(20)15-18-7-4-3-5-8-18/h3-5,7-8,11-12,19-21H,6,9-10,13-15H2,1-2H3. The van der Waals surface area contributed by atoms with Crippen molar-refractivity contribution in [2.75, 3.05) is 0 Å². The molecule has 2 aliphatic heterocycles. The number of aryl methyl sites for hydroxylation is 2. The fourth-order valence-corrected chi connectivity index (χ4v) is 4.91. The van der Waals surface area contributed by atoms with Crippen LogP contribution in [0.3, 0.4) is 0 Å². The summed E-state index contributed by atoms with van der Waals surface area (Å²) in [5.41, 5.74) is 4.07. The lowest BCUT2D eigenvalue weighted by atomic mass is 9.75. The summed E-state index contributed by atoms with van der Waals surface area (Å²) in [6, 6.07) is 15.8. The highest BCUT2D eigenvalue weighted by Crippen LogP contribution is 2.39. The minimum absolute atomic E-state index is 0.153. The molecule has 0 saturated carbocycles. The van der Waals surface area contributed by atoms with Gasteiger partial charge in [0.2, 0.25) is 0 Å². The molecule has 136 valence electrons. The summed E-state index contributed by atoms with van der Waals surface area (Å²) >= 11 is 0. The molecule has 0 amide bonds. The maximum atomic E-state index is 13.2. The minimum atomic E-state index is 0.153. The van der Waals surface area contributed by atoms with Gasteiger partial charge in [0.25, 0.3) is 0 Å². The number of carbonyl (C=O) groups excluding carboxylic acids is 1. The van der Waals surface area contributed by atoms with Crippen molar-refractivity contribution in [2.45, 2.75) is 64.6 Å². The van der Waals surface area contributed by atoms with Gasteiger partial charge in [-0.3, -0.25) is 14.7 Å². The number of fused-ring (bicyclic) bond motifs is 2. The summed E-state index contributed by atoms with van der Waals surface area (Å²) < 4.78 is 0. The molecular weight excluding hydrogens is 320 g/mol. The number of benzene rings is 1. The Morgan fingerprint density at radius 3 is 2.38 bits per heavy atom. The van der Waals surface area contributed by atoms with Gasteiger partial charge in [0.15, 0.2) is 5.78 Å². The summed E-state index contributed by atoms with van der Waals surface area (Å²) in [6.45, 7) is 4.96. The molecule has 1 aromatic carbocycles. The van der Waals surface area contributed by atoms with E-state index in [1.807, 2.05) is 26.0 Å². The number of carbonyl (C=O) groups is 1. The van der Waals surface area contributed by atoms with Crippen molar-refractivity contribution in [3.63, 3.8) is 0 Å². The van der Waals surface area contributed by atoms with Crippen LogP contribution >= 0.6 is 0 Å². The van der Waals surface area contributed by atoms with Crippen LogP contribution in [0.4, 0.5) is 0 Å². The van der Waals surface area contributed by atoms with Crippen LogP contribution in [0.5, 0.6) is 0 Å². The van der Waals surface area contributed by atoms with E-state index in [1.165, 1.54) is 24.8 Å². The zero-order valence-corrected chi connectivity index (χ0v) is 15.8. The van der Waals surface area contributed by atoms with Gasteiger partial charge in [-0.05, 0) is 57.2 Å². The Bertz CT molecular complexity index is 772. The van der Waals surface area contributed by atoms with E-state index in [2.05, 4.69) is 40.2 Å². The van der Waals surface area contributed by atoms with E-state index in [0.717, 1.165) is 36.3 Å². The molecule has 1 aromatic heterocycles. The largest absolute Gasteiger partial charge is 0.294 e. The second kappa shape index (κ2) is 7.32. The van der Waals surface area contributed by atoms with Crippen molar-refractivity contribution < 1.29 is 4.79 Å². The number of aromatic nitrogens is 1. The van der Waals surface area contributed by atoms with Crippen LogP contribution < -0.4 is 0 Å². The fraction of sp³-hybridized carbons (Fsp3) is 0.478. The molecule has 4 rings (SSSR count). The van der Waals surface area contributed by atoms with Crippen LogP contribution in [0.25, 0.3) is 0 Å². The number of piperidine rings is 2. The Hall–Kier alpha value is -2.00. The van der Waals surface area contributed by atoms with E-state index in [9.17, 15) is 4.79 Å². The summed E-state index contributed by atoms with van der Waals surface area (Å²) in [6.07, 6.45) is 5.73. The Balaban J connectivity index is 1.51. The molecule has 3 heteroatoms. The first kappa shape index (κ1) is 17.4. The average Bonchev–Trinajstić information content (AvgIpc) is 2.62. The Kier molecular flexibility index (Phi) is 4.90. The lowest BCUT2D eigenvalue weighted by molar-refractivity contribution is 0.00903. The molecule has 2 aliphatic rings. The monoisotopic (exact) mass is 348 g/mol. The topological polar surface area (TPSA) is 33.2 Å². The smallest absolute Gasteiger partial charge is 0.167 e. The van der Waals surface area contributed by atoms with E-state index >= 15 is 0 Å². The zero-order chi connectivity index (χ0) is 18.1. The predicted octanol–water partition coefficient (Wildman–Crippen LogP) is 4.71. The first-order valence-corrected chi connectivity index (χ1v) is 9.90. The van der Waals surface area contributed by atoms with Crippen molar-refractivity contribution in [3.8, 4) is 0 Å². The van der Waals surface area contributed by atoms with Gasteiger partial charge in [-0.1, -0.05) is 36.8 Å². The molecule has 2 unspecified atom stereocenters. The Labute approximate surface area is 156 Å². The van der Waals surface area contributed by atoms with E-state index < -0.39 is 0 Å². The third-order valence-corrected chi connectivity index (χ3v) is 6.20. The van der Waals surface area contributed by atoms with E-state index in [-0.39, 0.29) is 5.92 Å². The lowest BCUT2D eigenvalue weighted by Crippen LogP contribution is -2.52. The van der Waals surface area contributed by atoms with Crippen LogP contribution in [0.1, 0.15) is 59.4 Å². The van der Waals surface area contributed by atoms with Crippen molar-refractivity contribution in [1.29, 1.82) is 0 Å². The Morgan fingerprint density at radius 1 is 1.04 bits per heavy atom. The molecular formula is C23H28N2O. The van der Waals surface area contributed by atoms with Gasteiger partial charge >= 0.3 is 0 Å². The molecule has 2 saturated heterocycles. The highest BCUT2D eigenvalue weighted by molar-refractivity contribution is 5.98. The molecule has 0 spiro atoms. The number of ketones is 1. The third kappa shape index (κ3) is 3.45. The van der Waals surface area contributed by atoms with Crippen LogP contribution in [0, 0.1) is 19.8 Å². The van der Waals surface area contributed by atoms with Gasteiger partial charge in [0, 0.05) is 41.5 Å². The number of pyridine rings is 1. The SMILES string of the molecule is Cc1ccc(C(=O)C2CC3CCCC(C2)N3Cc2ccccc2)c(C)n1. The van der Waals surface area contributed by atoms with E-state index in [0.29, 0.717) is 17.9 Å². The molecule has 3 heterocycles. The summed E-state index contributed by atoms with van der Waals surface area (Å²) in [5, 5.41) is 0. The van der Waals surface area contributed by atoms with Crippen molar-refractivity contribution >= 4 is 5.78 Å². The molecule has 2 atom stereocenters. The van der Waals surface area contributed by atoms with Gasteiger partial charge in [0.05, 0.1) is 0 Å². The molecule has 2 fully saturated rings. The maximum Gasteiger partial charge on any atom is 0.167 e. The zero-order valence-electron chi connectivity index (χ0n) is 15.8. The molecule has 2 bridgehead atoms. The Morgan fingerprint density at radius 2 is 1.73 bits per heavy atom. The normalized spacial score (nSPS) is 25.8. The van der Waals surface area contributed by atoms with Crippen molar-refractivity contribution in [2.24, 2.45) is 5.92 Å². The molecule has 0 N–H and O–H groups in total. The number of Topliss-reactive ketones (excluding diaryl/α,β-unsaturated/α-hetero) is 1. The van der Waals surface area contributed by atoms with Crippen LogP contribution in [0.2, 0.25) is 0 Å². The van der Waals surface area contributed by atoms with Crippen LogP contribution in [-0.4, -0.2) is 27.8 Å². The molecule has 26 heavy (non-hydrogen) atoms. The van der Waals surface area contributed by atoms with Crippen molar-refractivity contribution in [1.82, 2.24) is 9.88 Å². The van der Waals surface area contributed by atoms with E-state index in [4.69, 9.17) is 0 Å². The predicted molar refractivity (Wildman–Crippen MR) is 104 cm³/mol. The molecule has 2 aromatic rings. The van der Waals surface area contributed by atoms with Gasteiger partial charge in [-0.2, -0.15) is 0 Å². The molecule has 0 radical (unpaired) electrons. The first-order chi connectivity index (χ1) is 12.6. The molecule has 3 nitrogen and oxygen atoms in total. The van der Waals surface area contributed by atoms with Crippen molar-refractivity contribution in [3.05, 3.63) is 65.0 Å². The summed E-state index contributed by atoms with van der Waals surface area (Å²) in [5.74, 6) is 0.465. The quantitative estimate of drug-likeness (QED) is 0.750. The second-order valence-corrected chi connectivity index (χ2v) is 8.01. The van der Waals surface area contributed by atoms with E-state index in [1.54, 1.807) is 0 Å². The number of nitrogens with zero attached hydrogens (tertiary/aromatic N) is 2. The summed E-state index contributed by atoms with van der Waals surface area (Å²) in [7, 11) is 0. The van der Waals surface area contributed by atoms with Gasteiger partial charge in [0.1, 0.15) is 0 Å². The number of rotatable bonds is 4.